The molecule has 0 aliphatic rings. The van der Waals surface area contributed by atoms with Gasteiger partial charge in [-0.25, -0.2) is 0 Å². The molecular formula is C19H17Cl2N3O2. The van der Waals surface area contributed by atoms with Crippen LogP contribution in [0, 0.1) is 0 Å². The number of benzene rings is 2. The third kappa shape index (κ3) is 4.62. The molecule has 0 aliphatic carbocycles. The Morgan fingerprint density at radius 1 is 1.12 bits per heavy atom. The van der Waals surface area contributed by atoms with E-state index in [-0.39, 0.29) is 17.8 Å². The third-order valence-electron chi connectivity index (χ3n) is 3.97. The van der Waals surface area contributed by atoms with Gasteiger partial charge in [-0.05, 0) is 42.3 Å². The van der Waals surface area contributed by atoms with E-state index in [0.29, 0.717) is 34.9 Å². The van der Waals surface area contributed by atoms with Crippen LogP contribution in [0.1, 0.15) is 12.0 Å². The fourth-order valence-corrected chi connectivity index (χ4v) is 3.31. The van der Waals surface area contributed by atoms with Crippen LogP contribution < -0.4 is 10.7 Å². The molecule has 1 amide bonds. The largest absolute Gasteiger partial charge is 0.356 e. The van der Waals surface area contributed by atoms with Crippen LogP contribution in [0.5, 0.6) is 0 Å². The Morgan fingerprint density at radius 3 is 2.62 bits per heavy atom. The van der Waals surface area contributed by atoms with Crippen molar-refractivity contribution < 1.29 is 4.79 Å². The van der Waals surface area contributed by atoms with Gasteiger partial charge < -0.3 is 5.32 Å². The zero-order valence-electron chi connectivity index (χ0n) is 13.9. The van der Waals surface area contributed by atoms with Crippen molar-refractivity contribution in [3.63, 3.8) is 0 Å². The second-order valence-electron chi connectivity index (χ2n) is 5.88. The van der Waals surface area contributed by atoms with E-state index in [0.717, 1.165) is 11.1 Å². The van der Waals surface area contributed by atoms with Gasteiger partial charge in [0.15, 0.2) is 0 Å². The van der Waals surface area contributed by atoms with Gasteiger partial charge in [-0.1, -0.05) is 35.3 Å². The van der Waals surface area contributed by atoms with Crippen LogP contribution >= 0.6 is 23.2 Å². The first-order valence-electron chi connectivity index (χ1n) is 8.19. The molecule has 0 saturated carbocycles. The third-order valence-corrected chi connectivity index (χ3v) is 4.41. The quantitative estimate of drug-likeness (QED) is 0.701. The highest BCUT2D eigenvalue weighted by atomic mass is 35.5. The van der Waals surface area contributed by atoms with Crippen molar-refractivity contribution in [1.29, 1.82) is 0 Å². The SMILES string of the molecule is O=C(CCn1ncc(=O)c2ccccc21)NCCc1cc(Cl)cc(Cl)c1. The lowest BCUT2D eigenvalue weighted by atomic mass is 10.1. The number of para-hydroxylation sites is 1. The second kappa shape index (κ2) is 8.34. The van der Waals surface area contributed by atoms with Crippen molar-refractivity contribution in [2.45, 2.75) is 19.4 Å². The number of halogens is 2. The highest BCUT2D eigenvalue weighted by Crippen LogP contribution is 2.19. The van der Waals surface area contributed by atoms with Gasteiger partial charge in [0, 0.05) is 28.4 Å². The number of rotatable bonds is 6. The molecule has 0 saturated heterocycles. The zero-order valence-corrected chi connectivity index (χ0v) is 15.4. The molecule has 26 heavy (non-hydrogen) atoms. The summed E-state index contributed by atoms with van der Waals surface area (Å²) in [6.45, 7) is 0.892. The minimum atomic E-state index is -0.124. The van der Waals surface area contributed by atoms with E-state index in [1.54, 1.807) is 16.8 Å². The van der Waals surface area contributed by atoms with Gasteiger partial charge in [-0.3, -0.25) is 14.3 Å². The van der Waals surface area contributed by atoms with Crippen molar-refractivity contribution in [1.82, 2.24) is 15.1 Å². The molecule has 3 aromatic rings. The lowest BCUT2D eigenvalue weighted by Gasteiger charge is -2.10. The number of aryl methyl sites for hydroxylation is 1. The van der Waals surface area contributed by atoms with E-state index in [1.165, 1.54) is 6.20 Å². The molecule has 134 valence electrons. The predicted octanol–water partition coefficient (Wildman–Crippen LogP) is 3.45. The Kier molecular flexibility index (Phi) is 5.91. The molecule has 0 fully saturated rings. The number of nitrogens with zero attached hydrogens (tertiary/aromatic N) is 2. The maximum Gasteiger partial charge on any atom is 0.221 e. The van der Waals surface area contributed by atoms with Crippen LogP contribution in [0.2, 0.25) is 10.0 Å². The maximum absolute atomic E-state index is 12.1. The fourth-order valence-electron chi connectivity index (χ4n) is 2.74. The van der Waals surface area contributed by atoms with Crippen molar-refractivity contribution in [3.8, 4) is 0 Å². The molecule has 0 radical (unpaired) electrons. The fraction of sp³-hybridized carbons (Fsp3) is 0.211. The average molecular weight is 390 g/mol. The summed E-state index contributed by atoms with van der Waals surface area (Å²) in [5.41, 5.74) is 1.57. The van der Waals surface area contributed by atoms with Gasteiger partial charge in [-0.2, -0.15) is 5.10 Å². The number of hydrogen-bond acceptors (Lipinski definition) is 3. The number of nitrogens with one attached hydrogen (secondary N) is 1. The lowest BCUT2D eigenvalue weighted by molar-refractivity contribution is -0.121. The van der Waals surface area contributed by atoms with E-state index in [9.17, 15) is 9.59 Å². The van der Waals surface area contributed by atoms with Crippen LogP contribution in [0.25, 0.3) is 10.9 Å². The number of carbonyl (C=O) groups excluding carboxylic acids is 1. The summed E-state index contributed by atoms with van der Waals surface area (Å²) in [7, 11) is 0. The summed E-state index contributed by atoms with van der Waals surface area (Å²) >= 11 is 11.9. The summed E-state index contributed by atoms with van der Waals surface area (Å²) in [6.07, 6.45) is 2.20. The minimum absolute atomic E-state index is 0.0808. The molecule has 0 unspecified atom stereocenters. The van der Waals surface area contributed by atoms with Crippen LogP contribution in [0.15, 0.2) is 53.5 Å². The molecular weight excluding hydrogens is 373 g/mol. The first-order chi connectivity index (χ1) is 12.5. The number of aromatic nitrogens is 2. The Labute approximate surface area is 160 Å². The highest BCUT2D eigenvalue weighted by molar-refractivity contribution is 6.34. The Bertz CT molecular complexity index is 981. The maximum atomic E-state index is 12.1. The highest BCUT2D eigenvalue weighted by Gasteiger charge is 2.06. The van der Waals surface area contributed by atoms with E-state index in [4.69, 9.17) is 23.2 Å². The minimum Gasteiger partial charge on any atom is -0.356 e. The van der Waals surface area contributed by atoms with Crippen molar-refractivity contribution >= 4 is 40.0 Å². The van der Waals surface area contributed by atoms with Crippen LogP contribution in [0.4, 0.5) is 0 Å². The van der Waals surface area contributed by atoms with E-state index < -0.39 is 0 Å². The second-order valence-corrected chi connectivity index (χ2v) is 6.75. The summed E-state index contributed by atoms with van der Waals surface area (Å²) in [6, 6.07) is 12.6. The van der Waals surface area contributed by atoms with Crippen LogP contribution in [-0.2, 0) is 17.8 Å². The molecule has 7 heteroatoms. The molecule has 1 heterocycles. The smallest absolute Gasteiger partial charge is 0.221 e. The van der Waals surface area contributed by atoms with Crippen LogP contribution in [-0.4, -0.2) is 22.2 Å². The van der Waals surface area contributed by atoms with Gasteiger partial charge in [0.2, 0.25) is 11.3 Å². The standard InChI is InChI=1S/C19H17Cl2N3O2/c20-14-9-13(10-15(21)11-14)5-7-22-19(26)6-8-24-17-4-2-1-3-16(17)18(25)12-23-24/h1-4,9-12H,5-8H2,(H,22,26). The van der Waals surface area contributed by atoms with Gasteiger partial charge in [-0.15, -0.1) is 0 Å². The molecule has 0 atom stereocenters. The lowest BCUT2D eigenvalue weighted by Crippen LogP contribution is -2.27. The predicted molar refractivity (Wildman–Crippen MR) is 104 cm³/mol. The van der Waals surface area contributed by atoms with Crippen LogP contribution in [0.3, 0.4) is 0 Å². The molecule has 1 aromatic heterocycles. The van der Waals surface area contributed by atoms with E-state index in [1.807, 2.05) is 30.3 Å². The number of amides is 1. The molecule has 1 N–H and O–H groups in total. The Balaban J connectivity index is 1.55. The van der Waals surface area contributed by atoms with Gasteiger partial charge in [0.1, 0.15) is 0 Å². The first-order valence-corrected chi connectivity index (χ1v) is 8.95. The summed E-state index contributed by atoms with van der Waals surface area (Å²) in [5.74, 6) is -0.0808. The molecule has 0 aliphatic heterocycles. The topological polar surface area (TPSA) is 64.0 Å². The Hall–Kier alpha value is -2.37. The molecule has 0 spiro atoms. The number of fused-ring (bicyclic) bond motifs is 1. The average Bonchev–Trinajstić information content (AvgIpc) is 2.61. The molecule has 2 aromatic carbocycles. The first kappa shape index (κ1) is 18.4. The van der Waals surface area contributed by atoms with Gasteiger partial charge in [0.05, 0.1) is 18.3 Å². The van der Waals surface area contributed by atoms with Gasteiger partial charge in [0.25, 0.3) is 0 Å². The number of hydrogen-bond donors (Lipinski definition) is 1. The Morgan fingerprint density at radius 2 is 1.85 bits per heavy atom. The van der Waals surface area contributed by atoms with E-state index >= 15 is 0 Å². The zero-order chi connectivity index (χ0) is 18.5. The monoisotopic (exact) mass is 389 g/mol. The number of carbonyl (C=O) groups is 1. The molecule has 3 rings (SSSR count). The summed E-state index contributed by atoms with van der Waals surface area (Å²) in [5, 5.41) is 8.75. The molecule has 0 bridgehead atoms. The summed E-state index contributed by atoms with van der Waals surface area (Å²) in [4.78, 5) is 23.9. The van der Waals surface area contributed by atoms with Crippen molar-refractivity contribution in [3.05, 3.63) is 74.5 Å². The van der Waals surface area contributed by atoms with Gasteiger partial charge >= 0.3 is 0 Å². The van der Waals surface area contributed by atoms with Crippen molar-refractivity contribution in [2.24, 2.45) is 0 Å². The van der Waals surface area contributed by atoms with Crippen molar-refractivity contribution in [2.75, 3.05) is 6.54 Å². The van der Waals surface area contributed by atoms with E-state index in [2.05, 4.69) is 10.4 Å². The summed E-state index contributed by atoms with van der Waals surface area (Å²) < 4.78 is 1.67. The normalized spacial score (nSPS) is 10.8. The molecule has 5 nitrogen and oxygen atoms in total.